The molecular weight excluding hydrogens is 673 g/mol. The second kappa shape index (κ2) is 11.7. The van der Waals surface area contributed by atoms with Crippen LogP contribution in [0.3, 0.4) is 0 Å². The fraction of sp³-hybridized carbons (Fsp3) is 0.172. The summed E-state index contributed by atoms with van der Waals surface area (Å²) < 4.78 is 2.99. The molecule has 0 saturated carbocycles. The molecular formula is C29H25N7O2Pt. The number of rotatable bonds is 8. The van der Waals surface area contributed by atoms with E-state index in [0.717, 1.165) is 28.7 Å². The molecule has 0 N–H and O–H groups in total. The predicted octanol–water partition coefficient (Wildman–Crippen LogP) is 4.78. The number of carbonyl (C=O) groups excluding carboxylic acids is 2. The minimum atomic E-state index is -0.142. The van der Waals surface area contributed by atoms with Crippen LogP contribution in [0.5, 0.6) is 0 Å². The summed E-state index contributed by atoms with van der Waals surface area (Å²) in [5.74, 6) is 2.15. The molecule has 0 radical (unpaired) electrons. The molecule has 198 valence electrons. The maximum absolute atomic E-state index is 11.8. The van der Waals surface area contributed by atoms with Crippen LogP contribution in [0.1, 0.15) is 39.8 Å². The first-order valence-electron chi connectivity index (χ1n) is 12.1. The molecule has 0 aliphatic carbocycles. The normalized spacial score (nSPS) is 10.7. The molecule has 5 aromatic rings. The number of aryl methyl sites for hydroxylation is 3. The van der Waals surface area contributed by atoms with Crippen LogP contribution >= 0.6 is 0 Å². The molecule has 0 aliphatic rings. The van der Waals surface area contributed by atoms with Crippen molar-refractivity contribution in [3.05, 3.63) is 101 Å². The first kappa shape index (κ1) is 27.8. The van der Waals surface area contributed by atoms with Crippen LogP contribution in [0.15, 0.2) is 60.7 Å². The SMILES string of the molecule is CC(=O)c1c[c-]n(-c2cccc(N(c3cccc(-n4[c-]cc(CC=O)n4)n3)c3c(C)cc(C)cc3C)n2)n1.[Pt+2]. The van der Waals surface area contributed by atoms with E-state index in [-0.39, 0.29) is 33.3 Å². The van der Waals surface area contributed by atoms with Gasteiger partial charge in [0.2, 0.25) is 0 Å². The number of hydrogen-bond donors (Lipinski definition) is 0. The Kier molecular flexibility index (Phi) is 8.31. The smallest absolute Gasteiger partial charge is 0.343 e. The monoisotopic (exact) mass is 698 g/mol. The Bertz CT molecular complexity index is 1630. The number of ketones is 1. The molecule has 1 aromatic carbocycles. The van der Waals surface area contributed by atoms with E-state index < -0.39 is 0 Å². The van der Waals surface area contributed by atoms with E-state index in [2.05, 4.69) is 55.5 Å². The molecule has 4 aromatic heterocycles. The molecule has 0 fully saturated rings. The van der Waals surface area contributed by atoms with Gasteiger partial charge in [-0.15, -0.1) is 12.1 Å². The van der Waals surface area contributed by atoms with Gasteiger partial charge in [-0.3, -0.25) is 25.1 Å². The van der Waals surface area contributed by atoms with Crippen molar-refractivity contribution in [2.24, 2.45) is 0 Å². The van der Waals surface area contributed by atoms with E-state index in [1.165, 1.54) is 16.3 Å². The molecule has 4 heterocycles. The molecule has 0 aliphatic heterocycles. The van der Waals surface area contributed by atoms with Gasteiger partial charge in [-0.25, -0.2) is 0 Å². The first-order chi connectivity index (χ1) is 18.3. The van der Waals surface area contributed by atoms with Crippen molar-refractivity contribution >= 4 is 29.4 Å². The van der Waals surface area contributed by atoms with Crippen LogP contribution in [-0.2, 0) is 32.3 Å². The summed E-state index contributed by atoms with van der Waals surface area (Å²) in [7, 11) is 0. The standard InChI is InChI=1S/C29H25N7O2.Pt/c1-19-17-20(2)29(21(3)18-19)36(27-9-5-7-25(30-27)34-14-11-23(32-34)13-16-37)28-10-6-8-26(31-28)35-15-12-24(33-35)22(4)38;/h5-12,16-18H,13H2,1-4H3;/q-2;+2. The van der Waals surface area contributed by atoms with Gasteiger partial charge in [0.25, 0.3) is 0 Å². The third-order valence-corrected chi connectivity index (χ3v) is 5.96. The van der Waals surface area contributed by atoms with Gasteiger partial charge in [-0.1, -0.05) is 54.4 Å². The second-order valence-electron chi connectivity index (χ2n) is 8.96. The largest absolute Gasteiger partial charge is 2.00 e. The average Bonchev–Trinajstić information content (AvgIpc) is 3.57. The Balaban J connectivity index is 0.00000353. The van der Waals surface area contributed by atoms with Gasteiger partial charge in [-0.05, 0) is 56.6 Å². The molecule has 5 rings (SSSR count). The predicted molar refractivity (Wildman–Crippen MR) is 143 cm³/mol. The van der Waals surface area contributed by atoms with E-state index in [9.17, 15) is 9.59 Å². The van der Waals surface area contributed by atoms with Crippen molar-refractivity contribution in [2.45, 2.75) is 34.1 Å². The van der Waals surface area contributed by atoms with E-state index >= 15 is 0 Å². The van der Waals surface area contributed by atoms with Crippen molar-refractivity contribution in [3.8, 4) is 11.6 Å². The van der Waals surface area contributed by atoms with E-state index in [0.29, 0.717) is 34.7 Å². The zero-order valence-corrected chi connectivity index (χ0v) is 24.1. The van der Waals surface area contributed by atoms with Gasteiger partial charge >= 0.3 is 21.1 Å². The van der Waals surface area contributed by atoms with Gasteiger partial charge < -0.3 is 19.0 Å². The molecule has 39 heavy (non-hydrogen) atoms. The summed E-state index contributed by atoms with van der Waals surface area (Å²) >= 11 is 0. The van der Waals surface area contributed by atoms with E-state index in [1.807, 2.05) is 35.2 Å². The zero-order chi connectivity index (χ0) is 26.8. The Morgan fingerprint density at radius 2 is 1.46 bits per heavy atom. The van der Waals surface area contributed by atoms with Crippen molar-refractivity contribution in [3.63, 3.8) is 0 Å². The summed E-state index contributed by atoms with van der Waals surface area (Å²) in [6.45, 7) is 7.65. The number of nitrogens with zero attached hydrogens (tertiary/aromatic N) is 7. The third-order valence-electron chi connectivity index (χ3n) is 5.96. The summed E-state index contributed by atoms with van der Waals surface area (Å²) in [5, 5.41) is 8.74. The van der Waals surface area contributed by atoms with E-state index in [4.69, 9.17) is 9.97 Å². The van der Waals surface area contributed by atoms with Crippen molar-refractivity contribution in [1.82, 2.24) is 29.5 Å². The molecule has 0 atom stereocenters. The van der Waals surface area contributed by atoms with Crippen LogP contribution < -0.4 is 4.90 Å². The third kappa shape index (κ3) is 5.78. The van der Waals surface area contributed by atoms with Gasteiger partial charge in [0.15, 0.2) is 0 Å². The van der Waals surface area contributed by atoms with Gasteiger partial charge in [-0.2, -0.15) is 0 Å². The topological polar surface area (TPSA) is 98.8 Å². The summed E-state index contributed by atoms with van der Waals surface area (Å²) in [5.41, 5.74) is 5.16. The summed E-state index contributed by atoms with van der Waals surface area (Å²) in [6.07, 6.45) is 7.02. The minimum Gasteiger partial charge on any atom is -0.343 e. The van der Waals surface area contributed by atoms with Crippen LogP contribution in [0, 0.1) is 33.2 Å². The molecule has 9 nitrogen and oxygen atoms in total. The van der Waals surface area contributed by atoms with Crippen LogP contribution in [0.25, 0.3) is 11.6 Å². The zero-order valence-electron chi connectivity index (χ0n) is 21.8. The van der Waals surface area contributed by atoms with Gasteiger partial charge in [0.1, 0.15) is 23.7 Å². The molecule has 10 heteroatoms. The fourth-order valence-corrected chi connectivity index (χ4v) is 4.38. The Hall–Kier alpha value is -4.23. The van der Waals surface area contributed by atoms with E-state index in [1.54, 1.807) is 18.2 Å². The van der Waals surface area contributed by atoms with Gasteiger partial charge in [0.05, 0.1) is 17.3 Å². The van der Waals surface area contributed by atoms with Crippen LogP contribution in [0.4, 0.5) is 17.3 Å². The summed E-state index contributed by atoms with van der Waals surface area (Å²) in [4.78, 5) is 34.4. The number of Topliss-reactive ketones (excluding diaryl/α,β-unsaturated/α-hetero) is 1. The summed E-state index contributed by atoms with van der Waals surface area (Å²) in [6, 6.07) is 18.7. The van der Waals surface area contributed by atoms with Gasteiger partial charge in [0, 0.05) is 12.1 Å². The number of carbonyl (C=O) groups is 2. The number of hydrogen-bond acceptors (Lipinski definition) is 7. The Labute approximate surface area is 240 Å². The first-order valence-corrected chi connectivity index (χ1v) is 12.1. The van der Waals surface area contributed by atoms with Crippen LogP contribution in [-0.4, -0.2) is 41.6 Å². The van der Waals surface area contributed by atoms with Crippen molar-refractivity contribution < 1.29 is 30.7 Å². The number of benzene rings is 1. The van der Waals surface area contributed by atoms with Crippen molar-refractivity contribution in [2.75, 3.05) is 4.90 Å². The molecule has 0 saturated heterocycles. The Morgan fingerprint density at radius 3 is 2.00 bits per heavy atom. The quantitative estimate of drug-likeness (QED) is 0.131. The Morgan fingerprint density at radius 1 is 0.897 bits per heavy atom. The average molecular weight is 699 g/mol. The second-order valence-corrected chi connectivity index (χ2v) is 8.96. The fourth-order valence-electron chi connectivity index (χ4n) is 4.38. The molecule has 0 amide bonds. The molecule has 0 bridgehead atoms. The minimum absolute atomic E-state index is 0. The molecule has 0 unspecified atom stereocenters. The number of aldehydes is 1. The van der Waals surface area contributed by atoms with Crippen molar-refractivity contribution in [1.29, 1.82) is 0 Å². The maximum Gasteiger partial charge on any atom is 2.00 e. The number of pyridine rings is 2. The number of aromatic nitrogens is 6. The van der Waals surface area contributed by atoms with Crippen LogP contribution in [0.2, 0.25) is 0 Å². The maximum atomic E-state index is 11.8. The molecule has 0 spiro atoms. The number of anilines is 3.